The summed E-state index contributed by atoms with van der Waals surface area (Å²) in [6.07, 6.45) is 8.26. The van der Waals surface area contributed by atoms with Crippen LogP contribution in [0.25, 0.3) is 22.3 Å². The van der Waals surface area contributed by atoms with Gasteiger partial charge in [0.1, 0.15) is 41.8 Å². The predicted octanol–water partition coefficient (Wildman–Crippen LogP) is 3.78. The van der Waals surface area contributed by atoms with E-state index in [0.29, 0.717) is 39.5 Å². The minimum Gasteiger partial charge on any atom is -0.485 e. The number of aromatic amines is 1. The molecule has 1 saturated heterocycles. The van der Waals surface area contributed by atoms with Gasteiger partial charge in [-0.25, -0.2) is 32.4 Å². The van der Waals surface area contributed by atoms with E-state index in [1.165, 1.54) is 21.6 Å². The average Bonchev–Trinajstić information content (AvgIpc) is 3.88. The van der Waals surface area contributed by atoms with Crippen molar-refractivity contribution in [3.05, 3.63) is 82.5 Å². The molecule has 60 heavy (non-hydrogen) atoms. The topological polar surface area (TPSA) is 189 Å². The van der Waals surface area contributed by atoms with E-state index < -0.39 is 22.8 Å². The van der Waals surface area contributed by atoms with Crippen molar-refractivity contribution >= 4 is 46.6 Å². The number of amides is 1. The van der Waals surface area contributed by atoms with Crippen LogP contribution in [0.4, 0.5) is 10.1 Å². The maximum Gasteiger partial charge on any atom is 0.329 e. The summed E-state index contributed by atoms with van der Waals surface area (Å²) in [5.41, 5.74) is 4.06. The van der Waals surface area contributed by atoms with Crippen molar-refractivity contribution in [2.24, 2.45) is 17.1 Å². The zero-order valence-electron chi connectivity index (χ0n) is 34.6. The Hall–Kier alpha value is -5.79. The number of benzene rings is 2. The summed E-state index contributed by atoms with van der Waals surface area (Å²) < 4.78 is 41.1. The second-order valence-electron chi connectivity index (χ2n) is 14.9. The molecule has 1 fully saturated rings. The summed E-state index contributed by atoms with van der Waals surface area (Å²) in [6, 6.07) is 9.58. The molecule has 1 amide bonds. The molecule has 19 heteroatoms. The van der Waals surface area contributed by atoms with E-state index in [-0.39, 0.29) is 48.8 Å². The van der Waals surface area contributed by atoms with Gasteiger partial charge in [-0.2, -0.15) is 10.2 Å². The zero-order valence-corrected chi connectivity index (χ0v) is 35.5. The van der Waals surface area contributed by atoms with Crippen LogP contribution in [0.3, 0.4) is 0 Å². The molecule has 5 aromatic rings. The van der Waals surface area contributed by atoms with Crippen LogP contribution in [0.2, 0.25) is 0 Å². The molecule has 6 rings (SSSR count). The number of aromatic nitrogens is 6. The van der Waals surface area contributed by atoms with Gasteiger partial charge in [-0.1, -0.05) is 12.1 Å². The van der Waals surface area contributed by atoms with Crippen molar-refractivity contribution in [2.75, 3.05) is 52.3 Å². The van der Waals surface area contributed by atoms with Crippen LogP contribution in [0.15, 0.2) is 74.9 Å². The number of aryl methyl sites for hydroxylation is 1. The van der Waals surface area contributed by atoms with Gasteiger partial charge in [-0.15, -0.1) is 0 Å². The first kappa shape index (κ1) is 43.8. The minimum absolute atomic E-state index is 0.0263. The number of carbonyl (C=O) groups excluding carboxylic acids is 2. The Morgan fingerprint density at radius 1 is 1.23 bits per heavy atom. The number of hydrogen-bond acceptors (Lipinski definition) is 11. The van der Waals surface area contributed by atoms with Crippen molar-refractivity contribution in [1.82, 2.24) is 43.5 Å². The van der Waals surface area contributed by atoms with E-state index in [1.807, 2.05) is 26.0 Å². The number of hydrogen-bond donors (Lipinski definition) is 3. The molecule has 2 unspecified atom stereocenters. The Bertz CT molecular complexity index is 2450. The first-order valence-corrected chi connectivity index (χ1v) is 21.1. The monoisotopic (exact) mass is 844 g/mol. The number of aldehydes is 1. The SMILES string of the molecule is C=Nn1cnc(-c2cn[nH]c2)c(OC(C)C)/c1=N/CNc1ccc(S(=O)N(C)CCCN2CCC(c3cccc4c3n(C)c(=O)n4C(C=O)CCC(=O)NC)CC2)cc1F. The molecule has 1 aliphatic heterocycles. The fraction of sp³-hybridized carbons (Fsp3) is 0.439. The third-order valence-electron chi connectivity index (χ3n) is 10.7. The molecule has 0 aliphatic carbocycles. The zero-order chi connectivity index (χ0) is 42.9. The van der Waals surface area contributed by atoms with Crippen LogP contribution < -0.4 is 26.5 Å². The second-order valence-corrected chi connectivity index (χ2v) is 16.5. The number of anilines is 1. The summed E-state index contributed by atoms with van der Waals surface area (Å²) >= 11 is 0. The number of nitrogens with one attached hydrogen (secondary N) is 3. The number of nitrogens with zero attached hydrogens (tertiary/aromatic N) is 9. The number of rotatable bonds is 19. The predicted molar refractivity (Wildman–Crippen MR) is 229 cm³/mol. The molecule has 2 atom stereocenters. The van der Waals surface area contributed by atoms with Crippen LogP contribution in [-0.2, 0) is 27.6 Å². The van der Waals surface area contributed by atoms with Gasteiger partial charge in [-0.05, 0) is 94.9 Å². The molecule has 2 aromatic carbocycles. The van der Waals surface area contributed by atoms with Gasteiger partial charge in [0.25, 0.3) is 0 Å². The smallest absolute Gasteiger partial charge is 0.329 e. The molecule has 3 N–H and O–H groups in total. The highest BCUT2D eigenvalue weighted by Gasteiger charge is 2.27. The van der Waals surface area contributed by atoms with Crippen molar-refractivity contribution in [2.45, 2.75) is 68.9 Å². The van der Waals surface area contributed by atoms with Gasteiger partial charge in [0.2, 0.25) is 5.91 Å². The number of ether oxygens (including phenoxy) is 1. The maximum atomic E-state index is 15.4. The normalized spacial score (nSPS) is 15.1. The summed E-state index contributed by atoms with van der Waals surface area (Å²) in [5, 5.41) is 16.3. The van der Waals surface area contributed by atoms with Gasteiger partial charge in [-0.3, -0.25) is 19.0 Å². The Morgan fingerprint density at radius 3 is 2.68 bits per heavy atom. The molecule has 0 bridgehead atoms. The largest absolute Gasteiger partial charge is 0.485 e. The second kappa shape index (κ2) is 20.0. The standard InChI is InChI=1S/C41H53FN12O5S/c1-27(2)59-39-37(29-22-48-49-23-29)47-26-53(44-4)40(39)46-25-45-34-13-12-31(21-33(34)42)60(58)50(5)17-8-18-52-19-15-28(16-20-52)32-9-7-10-35-38(32)51(6)41(57)54(35)30(24-55)11-14-36(56)43-3/h7,9-10,12-13,21-24,26-28,30,45H,4,8,11,14-20,25H2,1-3,5-6H3,(H,43,56)(H,48,49)/b46-40-. The number of H-pyrrole nitrogens is 1. The maximum absolute atomic E-state index is 15.4. The Labute approximate surface area is 349 Å². The summed E-state index contributed by atoms with van der Waals surface area (Å²) in [5.74, 6) is -0.139. The lowest BCUT2D eigenvalue weighted by atomic mass is 9.88. The number of imidazole rings is 1. The van der Waals surface area contributed by atoms with Crippen molar-refractivity contribution in [3.8, 4) is 17.0 Å². The Kier molecular flexibility index (Phi) is 14.6. The third-order valence-corrected chi connectivity index (χ3v) is 12.1. The van der Waals surface area contributed by atoms with E-state index in [1.54, 1.807) is 54.5 Å². The average molecular weight is 845 g/mol. The molecule has 3 aromatic heterocycles. The summed E-state index contributed by atoms with van der Waals surface area (Å²) in [4.78, 5) is 49.2. The number of halogens is 1. The molecular formula is C41H53FN12O5S. The highest BCUT2D eigenvalue weighted by Crippen LogP contribution is 2.34. The number of likely N-dealkylation sites (tertiary alicyclic amines) is 1. The molecule has 0 spiro atoms. The van der Waals surface area contributed by atoms with Crippen molar-refractivity contribution in [1.29, 1.82) is 0 Å². The Morgan fingerprint density at radius 2 is 2.02 bits per heavy atom. The first-order valence-electron chi connectivity index (χ1n) is 19.9. The highest BCUT2D eigenvalue weighted by molar-refractivity contribution is 7.82. The van der Waals surface area contributed by atoms with E-state index in [2.05, 4.69) is 53.6 Å². The number of carbonyl (C=O) groups is 2. The van der Waals surface area contributed by atoms with Crippen molar-refractivity contribution in [3.63, 3.8) is 0 Å². The first-order chi connectivity index (χ1) is 28.9. The lowest BCUT2D eigenvalue weighted by molar-refractivity contribution is -0.121. The van der Waals surface area contributed by atoms with Crippen LogP contribution in [0, 0.1) is 5.82 Å². The molecule has 1 aliphatic rings. The number of piperidine rings is 1. The van der Waals surface area contributed by atoms with Gasteiger partial charge in [0.15, 0.2) is 11.2 Å². The number of para-hydroxylation sites is 1. The van der Waals surface area contributed by atoms with Gasteiger partial charge in [0, 0.05) is 52.6 Å². The fourth-order valence-electron chi connectivity index (χ4n) is 7.59. The lowest BCUT2D eigenvalue weighted by Crippen LogP contribution is -2.35. The summed E-state index contributed by atoms with van der Waals surface area (Å²) in [7, 11) is 3.47. The van der Waals surface area contributed by atoms with Gasteiger partial charge in [0.05, 0.1) is 40.0 Å². The van der Waals surface area contributed by atoms with E-state index >= 15 is 4.39 Å². The third kappa shape index (κ3) is 9.80. The quantitative estimate of drug-likeness (QED) is 0.0821. The molecule has 4 heterocycles. The van der Waals surface area contributed by atoms with Gasteiger partial charge >= 0.3 is 5.69 Å². The van der Waals surface area contributed by atoms with Crippen LogP contribution in [0.5, 0.6) is 5.75 Å². The van der Waals surface area contributed by atoms with Crippen LogP contribution >= 0.6 is 0 Å². The van der Waals surface area contributed by atoms with Gasteiger partial charge < -0.3 is 25.1 Å². The number of fused-ring (bicyclic) bond motifs is 1. The van der Waals surface area contributed by atoms with Crippen LogP contribution in [0.1, 0.15) is 63.5 Å². The molecule has 0 radical (unpaired) electrons. The summed E-state index contributed by atoms with van der Waals surface area (Å²) in [6.45, 7) is 10.4. The molecule has 320 valence electrons. The highest BCUT2D eigenvalue weighted by atomic mass is 32.2. The lowest BCUT2D eigenvalue weighted by Gasteiger charge is -2.32. The van der Waals surface area contributed by atoms with E-state index in [9.17, 15) is 18.6 Å². The molecule has 17 nitrogen and oxygen atoms in total. The van der Waals surface area contributed by atoms with Crippen molar-refractivity contribution < 1.29 is 22.9 Å². The fourth-order valence-corrected chi connectivity index (χ4v) is 8.63. The molecule has 0 saturated carbocycles. The Balaban J connectivity index is 1.02. The van der Waals surface area contributed by atoms with E-state index in [4.69, 9.17) is 4.74 Å². The molecular weight excluding hydrogens is 792 g/mol. The van der Waals surface area contributed by atoms with E-state index in [0.717, 1.165) is 56.3 Å². The van der Waals surface area contributed by atoms with Crippen LogP contribution in [-0.4, -0.2) is 114 Å². The minimum atomic E-state index is -1.58.